The first-order valence-corrected chi connectivity index (χ1v) is 14.1. The van der Waals surface area contributed by atoms with E-state index < -0.39 is 15.4 Å². The van der Waals surface area contributed by atoms with Crippen LogP contribution < -0.4 is 0 Å². The molecule has 0 aliphatic heterocycles. The maximum Gasteiger partial charge on any atom is 0.268 e. The van der Waals surface area contributed by atoms with Gasteiger partial charge in [0.05, 0.1) is 5.25 Å². The summed E-state index contributed by atoms with van der Waals surface area (Å²) in [5.41, 5.74) is 3.99. The molecule has 5 atom stereocenters. The van der Waals surface area contributed by atoms with Crippen LogP contribution in [0.25, 0.3) is 0 Å². The third-order valence-electron chi connectivity index (χ3n) is 8.76. The monoisotopic (exact) mass is 448 g/mol. The van der Waals surface area contributed by atoms with E-state index in [-0.39, 0.29) is 0 Å². The second kappa shape index (κ2) is 9.95. The summed E-state index contributed by atoms with van der Waals surface area (Å²) in [7, 11) is -3.98. The summed E-state index contributed by atoms with van der Waals surface area (Å²) in [5.74, 6) is 3.06. The molecule has 3 aliphatic carbocycles. The van der Waals surface area contributed by atoms with Gasteiger partial charge in [-0.2, -0.15) is 8.42 Å². The van der Waals surface area contributed by atoms with Crippen LogP contribution >= 0.6 is 0 Å². The second-order valence-electron chi connectivity index (χ2n) is 11.3. The highest BCUT2D eigenvalue weighted by molar-refractivity contribution is 7.86. The molecule has 0 aromatic heterocycles. The van der Waals surface area contributed by atoms with Crippen molar-refractivity contribution < 1.29 is 13.0 Å². The summed E-state index contributed by atoms with van der Waals surface area (Å²) in [6, 6.07) is 0. The predicted molar refractivity (Wildman–Crippen MR) is 131 cm³/mol. The van der Waals surface area contributed by atoms with Gasteiger partial charge in [0.1, 0.15) is 0 Å². The van der Waals surface area contributed by atoms with Crippen molar-refractivity contribution in [1.29, 1.82) is 0 Å². The molecule has 0 aromatic carbocycles. The molecule has 4 heteroatoms. The molecular weight excluding hydrogens is 404 g/mol. The van der Waals surface area contributed by atoms with Crippen molar-refractivity contribution in [3.8, 4) is 0 Å². The van der Waals surface area contributed by atoms with Gasteiger partial charge in [-0.15, -0.1) is 0 Å². The minimum Gasteiger partial charge on any atom is -0.285 e. The molecule has 176 valence electrons. The molecule has 0 saturated heterocycles. The molecule has 31 heavy (non-hydrogen) atoms. The largest absolute Gasteiger partial charge is 0.285 e. The van der Waals surface area contributed by atoms with Gasteiger partial charge in [-0.3, -0.25) is 4.55 Å². The minimum atomic E-state index is -3.98. The fourth-order valence-electron chi connectivity index (χ4n) is 6.90. The van der Waals surface area contributed by atoms with Crippen molar-refractivity contribution in [2.45, 2.75) is 104 Å². The summed E-state index contributed by atoms with van der Waals surface area (Å²) < 4.78 is 32.8. The van der Waals surface area contributed by atoms with Gasteiger partial charge in [0.15, 0.2) is 0 Å². The number of allylic oxidation sites excluding steroid dienone is 5. The standard InChI is InChI=1S/C27H44O3S/c1-19(2)8-6-9-21(4)25-15-16-26-22(10-7-17-27(25,26)5)12-13-23-18-24(31(28,29)30)14-11-20(23)3/h12-13,19,21,24-26H,3,6-11,14-18H2,1-2,4-5H3,(H,28,29,30)/b22-12+,23-13-/t21-,24+,25-,26+,27-/m1/s1. The molecule has 3 rings (SSSR count). The Balaban J connectivity index is 1.73. The van der Waals surface area contributed by atoms with Gasteiger partial charge in [0, 0.05) is 0 Å². The molecule has 3 nitrogen and oxygen atoms in total. The van der Waals surface area contributed by atoms with Crippen LogP contribution in [0, 0.1) is 29.1 Å². The van der Waals surface area contributed by atoms with Gasteiger partial charge in [-0.1, -0.05) is 76.8 Å². The van der Waals surface area contributed by atoms with Gasteiger partial charge in [0.2, 0.25) is 0 Å². The summed E-state index contributed by atoms with van der Waals surface area (Å²) >= 11 is 0. The first-order valence-electron chi connectivity index (χ1n) is 12.6. The summed E-state index contributed by atoms with van der Waals surface area (Å²) in [6.45, 7) is 13.8. The predicted octanol–water partition coefficient (Wildman–Crippen LogP) is 7.51. The fourth-order valence-corrected chi connectivity index (χ4v) is 7.70. The summed E-state index contributed by atoms with van der Waals surface area (Å²) in [5, 5.41) is -0.679. The Bertz CT molecular complexity index is 819. The molecule has 0 radical (unpaired) electrons. The molecule has 0 unspecified atom stereocenters. The zero-order valence-electron chi connectivity index (χ0n) is 20.2. The van der Waals surface area contributed by atoms with Crippen molar-refractivity contribution in [1.82, 2.24) is 0 Å². The lowest BCUT2D eigenvalue weighted by Gasteiger charge is -2.44. The molecule has 0 bridgehead atoms. The van der Waals surface area contributed by atoms with E-state index in [4.69, 9.17) is 0 Å². The number of hydrogen-bond donors (Lipinski definition) is 1. The van der Waals surface area contributed by atoms with E-state index in [1.807, 2.05) is 0 Å². The van der Waals surface area contributed by atoms with Gasteiger partial charge in [0.25, 0.3) is 10.1 Å². The van der Waals surface area contributed by atoms with Gasteiger partial charge in [-0.05, 0) is 86.0 Å². The van der Waals surface area contributed by atoms with Gasteiger partial charge in [-0.25, -0.2) is 0 Å². The second-order valence-corrected chi connectivity index (χ2v) is 13.0. The third-order valence-corrected chi connectivity index (χ3v) is 10.0. The van der Waals surface area contributed by atoms with Crippen molar-refractivity contribution in [3.63, 3.8) is 0 Å². The van der Waals surface area contributed by atoms with Crippen LogP contribution in [-0.2, 0) is 10.1 Å². The van der Waals surface area contributed by atoms with Crippen LogP contribution in [0.2, 0.25) is 0 Å². The summed E-state index contributed by atoms with van der Waals surface area (Å²) in [4.78, 5) is 0. The number of hydrogen-bond acceptors (Lipinski definition) is 2. The Morgan fingerprint density at radius 1 is 1.13 bits per heavy atom. The van der Waals surface area contributed by atoms with Crippen LogP contribution in [0.1, 0.15) is 98.3 Å². The summed E-state index contributed by atoms with van der Waals surface area (Å²) in [6.07, 6.45) is 16.4. The Labute approximate surface area is 191 Å². The van der Waals surface area contributed by atoms with Crippen LogP contribution in [0.4, 0.5) is 0 Å². The highest BCUT2D eigenvalue weighted by Gasteiger charge is 2.50. The van der Waals surface area contributed by atoms with E-state index in [2.05, 4.69) is 46.4 Å². The number of fused-ring (bicyclic) bond motifs is 1. The fraction of sp³-hybridized carbons (Fsp3) is 0.778. The molecule has 3 aliphatic rings. The van der Waals surface area contributed by atoms with E-state index in [0.29, 0.717) is 30.6 Å². The van der Waals surface area contributed by atoms with Crippen LogP contribution in [0.15, 0.2) is 35.5 Å². The third kappa shape index (κ3) is 5.74. The van der Waals surface area contributed by atoms with Crippen molar-refractivity contribution in [2.24, 2.45) is 29.1 Å². The van der Waals surface area contributed by atoms with Crippen LogP contribution in [0.5, 0.6) is 0 Å². The maximum atomic E-state index is 11.6. The Morgan fingerprint density at radius 3 is 2.55 bits per heavy atom. The van der Waals surface area contributed by atoms with Crippen molar-refractivity contribution in [2.75, 3.05) is 0 Å². The Hall–Kier alpha value is -0.870. The average molecular weight is 449 g/mol. The van der Waals surface area contributed by atoms with Gasteiger partial charge < -0.3 is 0 Å². The lowest BCUT2D eigenvalue weighted by atomic mass is 9.60. The van der Waals surface area contributed by atoms with E-state index in [0.717, 1.165) is 35.3 Å². The van der Waals surface area contributed by atoms with Crippen molar-refractivity contribution >= 4 is 10.1 Å². The number of rotatable bonds is 7. The molecule has 1 N–H and O–H groups in total. The lowest BCUT2D eigenvalue weighted by Crippen LogP contribution is -2.36. The van der Waals surface area contributed by atoms with E-state index in [9.17, 15) is 13.0 Å². The Kier molecular flexibility index (Phi) is 7.95. The molecule has 3 fully saturated rings. The van der Waals surface area contributed by atoms with Crippen LogP contribution in [-0.4, -0.2) is 18.2 Å². The highest BCUT2D eigenvalue weighted by Crippen LogP contribution is 2.60. The van der Waals surface area contributed by atoms with Crippen molar-refractivity contribution in [3.05, 3.63) is 35.5 Å². The quantitative estimate of drug-likeness (QED) is 0.410. The van der Waals surface area contributed by atoms with Gasteiger partial charge >= 0.3 is 0 Å². The topological polar surface area (TPSA) is 54.4 Å². The zero-order valence-corrected chi connectivity index (χ0v) is 21.0. The normalized spacial score (nSPS) is 35.7. The Morgan fingerprint density at radius 2 is 1.87 bits per heavy atom. The molecule has 0 amide bonds. The lowest BCUT2D eigenvalue weighted by molar-refractivity contribution is 0.0929. The molecule has 3 saturated carbocycles. The highest BCUT2D eigenvalue weighted by atomic mass is 32.2. The minimum absolute atomic E-state index is 0.388. The molecule has 0 aromatic rings. The molecule has 0 heterocycles. The maximum absolute atomic E-state index is 11.6. The first-order chi connectivity index (χ1) is 14.5. The van der Waals surface area contributed by atoms with E-state index >= 15 is 0 Å². The molecule has 0 spiro atoms. The SMILES string of the molecule is C=C1CC[C@H](S(=O)(=O)O)C/C1=C/C=C1\CCC[C@]2(C)[C@@H]([C@H](C)CCCC(C)C)CC[C@@H]12. The zero-order chi connectivity index (χ0) is 22.8. The van der Waals surface area contributed by atoms with Crippen LogP contribution in [0.3, 0.4) is 0 Å². The molecular formula is C27H44O3S. The first kappa shape index (κ1) is 24.8. The van der Waals surface area contributed by atoms with E-state index in [1.165, 1.54) is 44.9 Å². The smallest absolute Gasteiger partial charge is 0.268 e. The average Bonchev–Trinajstić information content (AvgIpc) is 3.03. The van der Waals surface area contributed by atoms with E-state index in [1.54, 1.807) is 5.57 Å².